The lowest BCUT2D eigenvalue weighted by molar-refractivity contribution is -0.143. The van der Waals surface area contributed by atoms with Crippen LogP contribution in [0.1, 0.15) is 463 Å². The first-order valence-electron chi connectivity index (χ1n) is 41.3. The van der Waals surface area contributed by atoms with Crippen LogP contribution in [0.15, 0.2) is 36.5 Å². The van der Waals surface area contributed by atoms with Crippen LogP contribution in [0.3, 0.4) is 0 Å². The summed E-state index contributed by atoms with van der Waals surface area (Å²) in [5, 5.41) is 23.3. The van der Waals surface area contributed by atoms with Crippen molar-refractivity contribution in [2.24, 2.45) is 0 Å². The zero-order chi connectivity index (χ0) is 64.9. The molecule has 90 heavy (non-hydrogen) atoms. The average Bonchev–Trinajstić information content (AvgIpc) is 3.60. The lowest BCUT2D eigenvalue weighted by Crippen LogP contribution is -2.45. The number of unbranched alkanes of at least 4 members (excludes halogenated alkanes) is 63. The average molecular weight is 1270 g/mol. The van der Waals surface area contributed by atoms with E-state index in [0.717, 1.165) is 51.4 Å². The first kappa shape index (κ1) is 88.1. The van der Waals surface area contributed by atoms with Gasteiger partial charge in [-0.15, -0.1) is 0 Å². The Labute approximate surface area is 564 Å². The number of esters is 1. The Morgan fingerprint density at radius 3 is 0.856 bits per heavy atom. The van der Waals surface area contributed by atoms with Crippen molar-refractivity contribution >= 4 is 11.9 Å². The third-order valence-electron chi connectivity index (χ3n) is 19.4. The molecule has 2 atom stereocenters. The molecule has 0 aliphatic heterocycles. The van der Waals surface area contributed by atoms with Crippen molar-refractivity contribution in [3.8, 4) is 0 Å². The molecule has 0 fully saturated rings. The van der Waals surface area contributed by atoms with Crippen molar-refractivity contribution in [3.63, 3.8) is 0 Å². The van der Waals surface area contributed by atoms with E-state index in [9.17, 15) is 19.8 Å². The first-order valence-corrected chi connectivity index (χ1v) is 41.3. The molecule has 0 radical (unpaired) electrons. The zero-order valence-corrected chi connectivity index (χ0v) is 61.1. The summed E-state index contributed by atoms with van der Waals surface area (Å²) in [7, 11) is 0. The first-order chi connectivity index (χ1) is 44.5. The van der Waals surface area contributed by atoms with Gasteiger partial charge in [-0.1, -0.05) is 423 Å². The van der Waals surface area contributed by atoms with Crippen molar-refractivity contribution in [1.82, 2.24) is 5.32 Å². The van der Waals surface area contributed by atoms with Gasteiger partial charge < -0.3 is 20.3 Å². The van der Waals surface area contributed by atoms with E-state index < -0.39 is 12.1 Å². The van der Waals surface area contributed by atoms with Crippen LogP contribution in [0.2, 0.25) is 0 Å². The summed E-state index contributed by atoms with van der Waals surface area (Å²) in [4.78, 5) is 24.6. The van der Waals surface area contributed by atoms with Crippen molar-refractivity contribution in [1.29, 1.82) is 0 Å². The monoisotopic (exact) mass is 1260 g/mol. The van der Waals surface area contributed by atoms with Crippen LogP contribution in [0.4, 0.5) is 0 Å². The van der Waals surface area contributed by atoms with E-state index in [1.165, 1.54) is 385 Å². The molecule has 6 nitrogen and oxygen atoms in total. The number of amides is 1. The second-order valence-electron chi connectivity index (χ2n) is 28.5. The Morgan fingerprint density at radius 2 is 0.556 bits per heavy atom. The summed E-state index contributed by atoms with van der Waals surface area (Å²) in [6.07, 6.45) is 104. The largest absolute Gasteiger partial charge is 0.466 e. The predicted octanol–water partition coefficient (Wildman–Crippen LogP) is 27.4. The number of rotatable bonds is 78. The van der Waals surface area contributed by atoms with Gasteiger partial charge in [-0.2, -0.15) is 0 Å². The topological polar surface area (TPSA) is 95.9 Å². The number of aliphatic hydroxyl groups excluding tert-OH is 2. The number of carbonyl (C=O) groups is 2. The molecule has 0 aliphatic rings. The molecular formula is C84H161NO5. The Balaban J connectivity index is 3.34. The molecule has 0 bridgehead atoms. The standard InChI is InChI=1S/C84H161NO5/c1-3-5-7-9-11-13-15-17-19-21-22-23-39-42-45-48-52-56-60-64-68-72-76-82(87)81(80-86)85-83(88)77-73-69-65-61-57-53-49-46-43-40-37-35-33-31-29-27-25-24-26-28-30-32-34-36-38-41-44-47-51-55-59-63-67-71-75-79-90-84(89)78-74-70-66-62-58-54-50-20-18-16-14-12-10-8-6-4-2/h14,16,20,50,72,76,81-82,86-87H,3-13,15,17-19,21-49,51-71,73-75,77-80H2,1-2H3,(H,85,88)/b16-14-,50-20-,76-72+. The molecule has 0 heterocycles. The predicted molar refractivity (Wildman–Crippen MR) is 398 cm³/mol. The third kappa shape index (κ3) is 75.1. The fraction of sp³-hybridized carbons (Fsp3) is 0.905. The van der Waals surface area contributed by atoms with E-state index in [0.29, 0.717) is 19.4 Å². The minimum Gasteiger partial charge on any atom is -0.466 e. The molecule has 0 aromatic carbocycles. The Kier molecular flexibility index (Phi) is 77.8. The quantitative estimate of drug-likeness (QED) is 0.0320. The number of hydrogen-bond acceptors (Lipinski definition) is 5. The van der Waals surface area contributed by atoms with Gasteiger partial charge in [0, 0.05) is 12.8 Å². The minimum atomic E-state index is -0.842. The highest BCUT2D eigenvalue weighted by molar-refractivity contribution is 5.76. The fourth-order valence-corrected chi connectivity index (χ4v) is 13.1. The maximum Gasteiger partial charge on any atom is 0.305 e. The Bertz CT molecular complexity index is 1460. The second-order valence-corrected chi connectivity index (χ2v) is 28.5. The van der Waals surface area contributed by atoms with E-state index in [4.69, 9.17) is 4.74 Å². The molecule has 1 amide bonds. The molecular weight excluding hydrogens is 1100 g/mol. The zero-order valence-electron chi connectivity index (χ0n) is 61.1. The van der Waals surface area contributed by atoms with Gasteiger partial charge in [0.15, 0.2) is 0 Å². The van der Waals surface area contributed by atoms with Crippen molar-refractivity contribution in [2.75, 3.05) is 13.2 Å². The number of carbonyl (C=O) groups excluding carboxylic acids is 2. The SMILES string of the molecule is CCCCCC/C=C\C/C=C\CCCCCCCC(=O)OCCCCCCCCCCCCCCCCCCCCCCCCCCCCCCCCCCCCCC(=O)NC(CO)C(O)/C=C/CCCCCCCCCCCCCCCCCCCCCC. The Hall–Kier alpha value is -1.92. The highest BCUT2D eigenvalue weighted by Gasteiger charge is 2.18. The van der Waals surface area contributed by atoms with E-state index in [1.807, 2.05) is 6.08 Å². The third-order valence-corrected chi connectivity index (χ3v) is 19.4. The Morgan fingerprint density at radius 1 is 0.311 bits per heavy atom. The molecule has 2 unspecified atom stereocenters. The van der Waals surface area contributed by atoms with Crippen LogP contribution in [0, 0.1) is 0 Å². The molecule has 532 valence electrons. The van der Waals surface area contributed by atoms with E-state index in [1.54, 1.807) is 6.08 Å². The molecule has 0 aromatic rings. The van der Waals surface area contributed by atoms with Gasteiger partial charge in [0.05, 0.1) is 25.4 Å². The number of ether oxygens (including phenoxy) is 1. The molecule has 0 aromatic heterocycles. The summed E-state index contributed by atoms with van der Waals surface area (Å²) in [6, 6.07) is -0.625. The second kappa shape index (κ2) is 79.5. The van der Waals surface area contributed by atoms with Gasteiger partial charge in [0.25, 0.3) is 0 Å². The lowest BCUT2D eigenvalue weighted by atomic mass is 10.0. The summed E-state index contributed by atoms with van der Waals surface area (Å²) in [6.45, 7) is 4.93. The number of nitrogens with one attached hydrogen (secondary N) is 1. The van der Waals surface area contributed by atoms with E-state index >= 15 is 0 Å². The van der Waals surface area contributed by atoms with E-state index in [-0.39, 0.29) is 18.5 Å². The molecule has 0 rings (SSSR count). The highest BCUT2D eigenvalue weighted by atomic mass is 16.5. The van der Waals surface area contributed by atoms with Crippen LogP contribution in [-0.4, -0.2) is 47.4 Å². The lowest BCUT2D eigenvalue weighted by Gasteiger charge is -2.20. The normalized spacial score (nSPS) is 12.6. The maximum atomic E-state index is 12.6. The smallest absolute Gasteiger partial charge is 0.305 e. The summed E-state index contributed by atoms with van der Waals surface area (Å²) in [5.41, 5.74) is 0. The number of hydrogen-bond donors (Lipinski definition) is 3. The molecule has 6 heteroatoms. The number of aliphatic hydroxyl groups is 2. The van der Waals surface area contributed by atoms with Gasteiger partial charge in [-0.3, -0.25) is 9.59 Å². The summed E-state index contributed by atoms with van der Waals surface area (Å²) < 4.78 is 5.50. The van der Waals surface area contributed by atoms with Gasteiger partial charge in [0.1, 0.15) is 0 Å². The van der Waals surface area contributed by atoms with Crippen LogP contribution in [0.5, 0.6) is 0 Å². The maximum absolute atomic E-state index is 12.6. The summed E-state index contributed by atoms with van der Waals surface area (Å²) in [5.74, 6) is -0.0482. The summed E-state index contributed by atoms with van der Waals surface area (Å²) >= 11 is 0. The molecule has 3 N–H and O–H groups in total. The van der Waals surface area contributed by atoms with Crippen LogP contribution >= 0.6 is 0 Å². The van der Waals surface area contributed by atoms with Crippen LogP contribution in [-0.2, 0) is 14.3 Å². The molecule has 0 saturated heterocycles. The van der Waals surface area contributed by atoms with Crippen molar-refractivity contribution < 1.29 is 24.5 Å². The van der Waals surface area contributed by atoms with Gasteiger partial charge in [-0.25, -0.2) is 0 Å². The fourth-order valence-electron chi connectivity index (χ4n) is 13.1. The van der Waals surface area contributed by atoms with Gasteiger partial charge in [-0.05, 0) is 64.2 Å². The van der Waals surface area contributed by atoms with Crippen molar-refractivity contribution in [3.05, 3.63) is 36.5 Å². The molecule has 0 spiro atoms. The minimum absolute atomic E-state index is 0.00962. The van der Waals surface area contributed by atoms with E-state index in [2.05, 4.69) is 43.5 Å². The highest BCUT2D eigenvalue weighted by Crippen LogP contribution is 2.20. The van der Waals surface area contributed by atoms with Gasteiger partial charge >= 0.3 is 5.97 Å². The van der Waals surface area contributed by atoms with Crippen LogP contribution < -0.4 is 5.32 Å². The number of allylic oxidation sites excluding steroid dienone is 5. The van der Waals surface area contributed by atoms with Crippen LogP contribution in [0.25, 0.3) is 0 Å². The molecule has 0 aliphatic carbocycles. The molecule has 0 saturated carbocycles. The van der Waals surface area contributed by atoms with Gasteiger partial charge in [0.2, 0.25) is 5.91 Å². The van der Waals surface area contributed by atoms with Crippen molar-refractivity contribution in [2.45, 2.75) is 475 Å².